The van der Waals surface area contributed by atoms with Crippen LogP contribution in [0, 0.1) is 0 Å². The highest BCUT2D eigenvalue weighted by Crippen LogP contribution is 2.42. The lowest BCUT2D eigenvalue weighted by Gasteiger charge is -2.42. The average molecular weight is 547 g/mol. The highest BCUT2D eigenvalue weighted by Gasteiger charge is 2.37. The number of ether oxygens (including phenoxy) is 1. The number of benzene rings is 2. The lowest BCUT2D eigenvalue weighted by molar-refractivity contribution is 0.0161. The maximum absolute atomic E-state index is 12.2. The van der Waals surface area contributed by atoms with E-state index < -0.39 is 5.60 Å². The molecule has 2 fully saturated rings. The van der Waals surface area contributed by atoms with Crippen LogP contribution in [0.4, 0.5) is 4.79 Å². The molecular weight excluding hydrogens is 501 g/mol. The van der Waals surface area contributed by atoms with Crippen molar-refractivity contribution >= 4 is 29.3 Å². The molecule has 2 aromatic carbocycles. The molecule has 1 saturated heterocycles. The quantitative estimate of drug-likeness (QED) is 0.382. The smallest absolute Gasteiger partial charge is 0.410 e. The van der Waals surface area contributed by atoms with Crippen LogP contribution in [-0.4, -0.2) is 29.7 Å². The Kier molecular flexibility index (Phi) is 10.4. The SMILES string of the molecule is CCC1(c2ccc(Cl)cc2)CCCCC1.CCC1(c2ccc(Cl)cc2)CCN(C(=O)OC(C)(C)C)CC1. The van der Waals surface area contributed by atoms with E-state index in [-0.39, 0.29) is 11.5 Å². The zero-order chi connectivity index (χ0) is 27.1. The third kappa shape index (κ3) is 7.90. The zero-order valence-electron chi connectivity index (χ0n) is 23.4. The monoisotopic (exact) mass is 545 g/mol. The molecule has 0 spiro atoms. The molecule has 2 aliphatic rings. The van der Waals surface area contributed by atoms with Gasteiger partial charge < -0.3 is 9.64 Å². The van der Waals surface area contributed by atoms with E-state index in [1.807, 2.05) is 49.9 Å². The predicted molar refractivity (Wildman–Crippen MR) is 157 cm³/mol. The van der Waals surface area contributed by atoms with E-state index in [0.717, 1.165) is 42.4 Å². The van der Waals surface area contributed by atoms with Gasteiger partial charge in [0.2, 0.25) is 0 Å². The second-order valence-corrected chi connectivity index (χ2v) is 12.7. The fraction of sp³-hybridized carbons (Fsp3) is 0.594. The number of hydrogen-bond donors (Lipinski definition) is 0. The number of nitrogens with zero attached hydrogens (tertiary/aromatic N) is 1. The molecule has 204 valence electrons. The van der Waals surface area contributed by atoms with Crippen LogP contribution in [0.2, 0.25) is 10.0 Å². The van der Waals surface area contributed by atoms with E-state index >= 15 is 0 Å². The minimum atomic E-state index is -0.438. The molecule has 0 unspecified atom stereocenters. The van der Waals surface area contributed by atoms with Crippen LogP contribution in [-0.2, 0) is 15.6 Å². The summed E-state index contributed by atoms with van der Waals surface area (Å²) in [5, 5.41) is 1.61. The van der Waals surface area contributed by atoms with Gasteiger partial charge in [-0.1, -0.05) is 80.6 Å². The van der Waals surface area contributed by atoms with Gasteiger partial charge in [-0.3, -0.25) is 0 Å². The third-order valence-electron chi connectivity index (χ3n) is 8.45. The van der Waals surface area contributed by atoms with Crippen molar-refractivity contribution in [3.63, 3.8) is 0 Å². The fourth-order valence-corrected chi connectivity index (χ4v) is 6.22. The first-order valence-electron chi connectivity index (χ1n) is 14.0. The van der Waals surface area contributed by atoms with Gasteiger partial charge in [0, 0.05) is 23.1 Å². The minimum Gasteiger partial charge on any atom is -0.444 e. The van der Waals surface area contributed by atoms with E-state index in [0.29, 0.717) is 5.41 Å². The molecule has 2 aromatic rings. The average Bonchev–Trinajstić information content (AvgIpc) is 2.89. The van der Waals surface area contributed by atoms with Gasteiger partial charge in [-0.2, -0.15) is 0 Å². The van der Waals surface area contributed by atoms with Crippen LogP contribution in [0.15, 0.2) is 48.5 Å². The van der Waals surface area contributed by atoms with Crippen molar-refractivity contribution < 1.29 is 9.53 Å². The Bertz CT molecular complexity index is 981. The Balaban J connectivity index is 0.000000220. The first kappa shape index (κ1) is 29.8. The number of carbonyl (C=O) groups excluding carboxylic acids is 1. The van der Waals surface area contributed by atoms with Crippen LogP contribution in [0.1, 0.15) is 104 Å². The summed E-state index contributed by atoms with van der Waals surface area (Å²) in [5.41, 5.74) is 2.97. The van der Waals surface area contributed by atoms with Gasteiger partial charge >= 0.3 is 6.09 Å². The summed E-state index contributed by atoms with van der Waals surface area (Å²) in [4.78, 5) is 14.0. The number of halogens is 2. The van der Waals surface area contributed by atoms with Gasteiger partial charge in [-0.15, -0.1) is 0 Å². The summed E-state index contributed by atoms with van der Waals surface area (Å²) in [7, 11) is 0. The number of amides is 1. The third-order valence-corrected chi connectivity index (χ3v) is 8.95. The molecule has 1 aliphatic carbocycles. The maximum Gasteiger partial charge on any atom is 0.410 e. The molecule has 1 aliphatic heterocycles. The summed E-state index contributed by atoms with van der Waals surface area (Å²) in [6, 6.07) is 16.6. The second kappa shape index (κ2) is 12.9. The van der Waals surface area contributed by atoms with Crippen LogP contribution in [0.5, 0.6) is 0 Å². The van der Waals surface area contributed by atoms with Crippen molar-refractivity contribution in [2.75, 3.05) is 13.1 Å². The molecule has 37 heavy (non-hydrogen) atoms. The first-order chi connectivity index (χ1) is 17.5. The Hall–Kier alpha value is -1.71. The molecule has 4 rings (SSSR count). The topological polar surface area (TPSA) is 29.5 Å². The van der Waals surface area contributed by atoms with Gasteiger partial charge in [0.15, 0.2) is 0 Å². The summed E-state index contributed by atoms with van der Waals surface area (Å²) in [5.74, 6) is 0. The largest absolute Gasteiger partial charge is 0.444 e. The summed E-state index contributed by atoms with van der Waals surface area (Å²) in [6.07, 6.45) is 10.9. The summed E-state index contributed by atoms with van der Waals surface area (Å²) >= 11 is 11.9. The number of rotatable bonds is 4. The molecule has 1 saturated carbocycles. The molecule has 0 N–H and O–H groups in total. The molecule has 0 bridgehead atoms. The molecule has 0 aromatic heterocycles. The molecule has 0 atom stereocenters. The number of piperidine rings is 1. The molecule has 3 nitrogen and oxygen atoms in total. The second-order valence-electron chi connectivity index (χ2n) is 11.8. The highest BCUT2D eigenvalue weighted by atomic mass is 35.5. The molecule has 0 radical (unpaired) electrons. The lowest BCUT2D eigenvalue weighted by atomic mass is 9.68. The summed E-state index contributed by atoms with van der Waals surface area (Å²) in [6.45, 7) is 11.7. The molecule has 1 amide bonds. The fourth-order valence-electron chi connectivity index (χ4n) is 5.97. The van der Waals surface area contributed by atoms with E-state index in [2.05, 4.69) is 38.1 Å². The van der Waals surface area contributed by atoms with E-state index in [1.54, 1.807) is 0 Å². The summed E-state index contributed by atoms with van der Waals surface area (Å²) < 4.78 is 5.47. The number of likely N-dealkylation sites (tertiary alicyclic amines) is 1. The predicted octanol–water partition coefficient (Wildman–Crippen LogP) is 9.97. The normalized spacial score (nSPS) is 18.9. The van der Waals surface area contributed by atoms with Crippen molar-refractivity contribution in [1.29, 1.82) is 0 Å². The van der Waals surface area contributed by atoms with Crippen molar-refractivity contribution in [3.05, 3.63) is 69.7 Å². The Labute approximate surface area is 234 Å². The van der Waals surface area contributed by atoms with Crippen molar-refractivity contribution in [2.24, 2.45) is 0 Å². The zero-order valence-corrected chi connectivity index (χ0v) is 24.9. The van der Waals surface area contributed by atoms with E-state index in [9.17, 15) is 4.79 Å². The first-order valence-corrected chi connectivity index (χ1v) is 14.8. The molecular formula is C32H45Cl2NO2. The Morgan fingerprint density at radius 3 is 1.54 bits per heavy atom. The van der Waals surface area contributed by atoms with Crippen LogP contribution < -0.4 is 0 Å². The number of carbonyl (C=O) groups is 1. The standard InChI is InChI=1S/C18H26ClNO2.C14H19Cl/c1-5-18(14-6-8-15(19)9-7-14)10-12-20(13-11-18)16(21)22-17(2,3)4;1-2-14(10-4-3-5-11-14)12-6-8-13(15)9-7-12/h6-9H,5,10-13H2,1-4H3;6-9H,2-5,10-11H2,1H3. The van der Waals surface area contributed by atoms with Crippen molar-refractivity contribution in [1.82, 2.24) is 4.90 Å². The Morgan fingerprint density at radius 2 is 1.16 bits per heavy atom. The van der Waals surface area contributed by atoms with E-state index in [1.165, 1.54) is 49.7 Å². The van der Waals surface area contributed by atoms with Gasteiger partial charge in [0.1, 0.15) is 5.60 Å². The van der Waals surface area contributed by atoms with Gasteiger partial charge in [0.25, 0.3) is 0 Å². The van der Waals surface area contributed by atoms with Crippen LogP contribution >= 0.6 is 23.2 Å². The molecule has 5 heteroatoms. The minimum absolute atomic E-state index is 0.142. The maximum atomic E-state index is 12.2. The lowest BCUT2D eigenvalue weighted by Crippen LogP contribution is -2.46. The van der Waals surface area contributed by atoms with Crippen LogP contribution in [0.3, 0.4) is 0 Å². The Morgan fingerprint density at radius 1 is 0.757 bits per heavy atom. The number of hydrogen-bond acceptors (Lipinski definition) is 2. The van der Waals surface area contributed by atoms with Gasteiger partial charge in [-0.05, 0) is 106 Å². The van der Waals surface area contributed by atoms with Crippen molar-refractivity contribution in [2.45, 2.75) is 109 Å². The van der Waals surface area contributed by atoms with Gasteiger partial charge in [0.05, 0.1) is 0 Å². The van der Waals surface area contributed by atoms with Crippen LogP contribution in [0.25, 0.3) is 0 Å². The van der Waals surface area contributed by atoms with E-state index in [4.69, 9.17) is 27.9 Å². The van der Waals surface area contributed by atoms with Gasteiger partial charge in [-0.25, -0.2) is 4.79 Å². The van der Waals surface area contributed by atoms with Crippen molar-refractivity contribution in [3.8, 4) is 0 Å². The molecule has 1 heterocycles. The highest BCUT2D eigenvalue weighted by molar-refractivity contribution is 6.30.